The third kappa shape index (κ3) is 4.71. The summed E-state index contributed by atoms with van der Waals surface area (Å²) in [5.41, 5.74) is 0.691. The molecular weight excluding hydrogens is 440 g/mol. The molecule has 8 heteroatoms. The molecule has 0 fully saturated rings. The summed E-state index contributed by atoms with van der Waals surface area (Å²) in [7, 11) is 3.08. The van der Waals surface area contributed by atoms with E-state index in [4.69, 9.17) is 9.47 Å². The molecule has 0 radical (unpaired) electrons. The minimum atomic E-state index is -0.759. The van der Waals surface area contributed by atoms with E-state index < -0.39 is 17.7 Å². The summed E-state index contributed by atoms with van der Waals surface area (Å²) >= 11 is 1.27. The molecule has 0 spiro atoms. The number of aliphatic imine (C=N–C) groups is 1. The van der Waals surface area contributed by atoms with Gasteiger partial charge in [0.2, 0.25) is 5.78 Å². The predicted octanol–water partition coefficient (Wildman–Crippen LogP) is 4.97. The van der Waals surface area contributed by atoms with Gasteiger partial charge >= 0.3 is 0 Å². The fourth-order valence-corrected chi connectivity index (χ4v) is 4.74. The molecule has 7 nitrogen and oxygen atoms in total. The predicted molar refractivity (Wildman–Crippen MR) is 129 cm³/mol. The van der Waals surface area contributed by atoms with Crippen LogP contribution in [-0.4, -0.2) is 48.7 Å². The largest absolute Gasteiger partial charge is 0.503 e. The molecule has 2 unspecified atom stereocenters. The molecule has 0 saturated carbocycles. The lowest BCUT2D eigenvalue weighted by molar-refractivity contribution is -0.129. The monoisotopic (exact) mass is 468 g/mol. The van der Waals surface area contributed by atoms with Crippen molar-refractivity contribution >= 4 is 29.2 Å². The Labute approximate surface area is 197 Å². The van der Waals surface area contributed by atoms with Crippen molar-refractivity contribution in [1.29, 1.82) is 0 Å². The second kappa shape index (κ2) is 10.5. The fraction of sp³-hybridized carbons (Fsp3) is 0.320. The summed E-state index contributed by atoms with van der Waals surface area (Å²) in [5, 5.41) is 12.6. The number of allylic oxidation sites excluding steroid dienone is 1. The molecule has 2 aromatic rings. The van der Waals surface area contributed by atoms with Crippen LogP contribution < -0.4 is 9.47 Å². The van der Waals surface area contributed by atoms with Crippen LogP contribution in [0.25, 0.3) is 0 Å². The number of thiophene rings is 1. The molecule has 2 aliphatic heterocycles. The lowest BCUT2D eigenvalue weighted by Crippen LogP contribution is -2.32. The molecule has 0 aliphatic carbocycles. The minimum Gasteiger partial charge on any atom is -0.503 e. The smallest absolute Gasteiger partial charge is 0.290 e. The summed E-state index contributed by atoms with van der Waals surface area (Å²) in [4.78, 5) is 32.5. The first-order chi connectivity index (χ1) is 15.5. The highest BCUT2D eigenvalue weighted by Crippen LogP contribution is 2.43. The maximum absolute atomic E-state index is 13.3. The van der Waals surface area contributed by atoms with Crippen molar-refractivity contribution in [3.05, 3.63) is 69.8 Å². The number of amides is 1. The molecule has 2 aliphatic rings. The van der Waals surface area contributed by atoms with Gasteiger partial charge in [-0.2, -0.15) is 0 Å². The molecule has 1 N–H and O–H groups in total. The van der Waals surface area contributed by atoms with Crippen LogP contribution in [0.2, 0.25) is 0 Å². The van der Waals surface area contributed by atoms with Gasteiger partial charge in [0.25, 0.3) is 5.91 Å². The van der Waals surface area contributed by atoms with Gasteiger partial charge in [0, 0.05) is 36.5 Å². The molecule has 0 bridgehead atoms. The maximum atomic E-state index is 13.3. The zero-order valence-electron chi connectivity index (χ0n) is 17.9. The van der Waals surface area contributed by atoms with Gasteiger partial charge in [-0.05, 0) is 36.4 Å². The van der Waals surface area contributed by atoms with Crippen LogP contribution in [0.3, 0.4) is 0 Å². The molecule has 1 aromatic carbocycles. The Morgan fingerprint density at radius 1 is 1.24 bits per heavy atom. The number of rotatable bonds is 9. The number of ether oxygens (including phenoxy) is 2. The average molecular weight is 469 g/mol. The van der Waals surface area contributed by atoms with Crippen LogP contribution in [0.15, 0.2) is 64.3 Å². The summed E-state index contributed by atoms with van der Waals surface area (Å²) in [6.07, 6.45) is 7.15. The maximum Gasteiger partial charge on any atom is 0.290 e. The summed E-state index contributed by atoms with van der Waals surface area (Å²) in [5.74, 6) is -0.119. The van der Waals surface area contributed by atoms with E-state index >= 15 is 0 Å². The Morgan fingerprint density at radius 3 is 2.70 bits per heavy atom. The first-order valence-electron chi connectivity index (χ1n) is 10.3. The third-order valence-corrected chi connectivity index (χ3v) is 6.53. The molecule has 0 saturated heterocycles. The van der Waals surface area contributed by atoms with Gasteiger partial charge in [0.15, 0.2) is 5.76 Å². The van der Waals surface area contributed by atoms with Crippen molar-refractivity contribution in [1.82, 2.24) is 4.90 Å². The van der Waals surface area contributed by atoms with Crippen LogP contribution in [0.4, 0.5) is 0 Å². The van der Waals surface area contributed by atoms with Gasteiger partial charge in [-0.1, -0.05) is 19.6 Å². The van der Waals surface area contributed by atoms with E-state index in [2.05, 4.69) is 4.99 Å². The van der Waals surface area contributed by atoms with Gasteiger partial charge in [0.1, 0.15) is 11.5 Å². The van der Waals surface area contributed by atoms with E-state index in [1.54, 1.807) is 53.9 Å². The van der Waals surface area contributed by atoms with Crippen molar-refractivity contribution < 1.29 is 24.2 Å². The number of methoxy groups -OCH3 is 2. The van der Waals surface area contributed by atoms with E-state index in [0.29, 0.717) is 34.9 Å². The summed E-state index contributed by atoms with van der Waals surface area (Å²) < 4.78 is 10.9. The molecule has 3 heterocycles. The van der Waals surface area contributed by atoms with Crippen molar-refractivity contribution in [2.24, 2.45) is 10.9 Å². The second-order valence-electron chi connectivity index (χ2n) is 7.52. The Hall–Kier alpha value is -3.39. The number of hydrogen-bond acceptors (Lipinski definition) is 7. The van der Waals surface area contributed by atoms with E-state index in [0.717, 1.165) is 6.42 Å². The summed E-state index contributed by atoms with van der Waals surface area (Å²) in [6, 6.07) is 7.93. The minimum absolute atomic E-state index is 0. The standard InChI is InChI=1S/C24H24N2O5S.CH4/c1-30-16-7-8-17(18(13-16)31-2)21-20(22(27)19-6-4-12-32-19)23(28)24(29)26(21)11-3-5-15-9-10-25-14-15;/h4,6-10,12-15,21,28H,3,5,11H2,1-2H3;1H4. The highest BCUT2D eigenvalue weighted by molar-refractivity contribution is 7.12. The molecule has 4 rings (SSSR count). The molecule has 2 atom stereocenters. The second-order valence-corrected chi connectivity index (χ2v) is 8.47. The van der Waals surface area contributed by atoms with Crippen molar-refractivity contribution in [2.75, 3.05) is 20.8 Å². The van der Waals surface area contributed by atoms with Crippen LogP contribution in [0, 0.1) is 5.92 Å². The van der Waals surface area contributed by atoms with Gasteiger partial charge in [-0.15, -0.1) is 11.3 Å². The number of ketones is 1. The Kier molecular flexibility index (Phi) is 7.71. The van der Waals surface area contributed by atoms with Crippen LogP contribution >= 0.6 is 11.3 Å². The first-order valence-corrected chi connectivity index (χ1v) is 11.2. The molecule has 174 valence electrons. The molecule has 1 aromatic heterocycles. The van der Waals surface area contributed by atoms with E-state index in [1.165, 1.54) is 18.4 Å². The number of hydrogen-bond donors (Lipinski definition) is 1. The lowest BCUT2D eigenvalue weighted by atomic mass is 9.94. The fourth-order valence-electron chi connectivity index (χ4n) is 4.06. The number of carbonyl (C=O) groups excluding carboxylic acids is 2. The highest BCUT2D eigenvalue weighted by Gasteiger charge is 2.44. The lowest BCUT2D eigenvalue weighted by Gasteiger charge is -2.28. The van der Waals surface area contributed by atoms with Crippen LogP contribution in [0.1, 0.15) is 41.5 Å². The van der Waals surface area contributed by atoms with Gasteiger partial charge in [-0.25, -0.2) is 0 Å². The van der Waals surface area contributed by atoms with Crippen LogP contribution in [0.5, 0.6) is 11.5 Å². The number of aliphatic hydroxyl groups excluding tert-OH is 1. The van der Waals surface area contributed by atoms with Gasteiger partial charge in [-0.3, -0.25) is 14.6 Å². The van der Waals surface area contributed by atoms with Gasteiger partial charge in [0.05, 0.1) is 30.7 Å². The van der Waals surface area contributed by atoms with Gasteiger partial charge < -0.3 is 19.5 Å². The zero-order valence-corrected chi connectivity index (χ0v) is 18.7. The number of Topliss-reactive ketones (excluding diaryl/α,β-unsaturated/α-hetero) is 1. The molecule has 33 heavy (non-hydrogen) atoms. The average Bonchev–Trinajstić information content (AvgIpc) is 3.57. The van der Waals surface area contributed by atoms with Crippen molar-refractivity contribution in [3.8, 4) is 11.5 Å². The third-order valence-electron chi connectivity index (χ3n) is 5.66. The topological polar surface area (TPSA) is 88.4 Å². The number of nitrogens with zero attached hydrogens (tertiary/aromatic N) is 2. The zero-order chi connectivity index (χ0) is 22.7. The van der Waals surface area contributed by atoms with Crippen molar-refractivity contribution in [2.45, 2.75) is 26.3 Å². The highest BCUT2D eigenvalue weighted by atomic mass is 32.1. The molecular formula is C25H28N2O5S. The van der Waals surface area contributed by atoms with E-state index in [9.17, 15) is 14.7 Å². The van der Waals surface area contributed by atoms with Crippen molar-refractivity contribution in [3.63, 3.8) is 0 Å². The summed E-state index contributed by atoms with van der Waals surface area (Å²) in [6.45, 7) is 0.377. The number of benzene rings is 1. The Bertz CT molecular complexity index is 1090. The van der Waals surface area contributed by atoms with E-state index in [-0.39, 0.29) is 24.7 Å². The van der Waals surface area contributed by atoms with Crippen LogP contribution in [-0.2, 0) is 4.79 Å². The van der Waals surface area contributed by atoms with E-state index in [1.807, 2.05) is 12.3 Å². The Balaban J connectivity index is 0.00000306. The molecule has 1 amide bonds. The first kappa shape index (κ1) is 24.3. The Morgan fingerprint density at radius 2 is 2.06 bits per heavy atom. The quantitative estimate of drug-likeness (QED) is 0.525. The SMILES string of the molecule is C.COc1ccc(C2C(C(=O)c3cccs3)=C(O)C(=O)N2CCCC2C=CN=C2)c(OC)c1. The number of aliphatic hydroxyl groups is 1. The normalized spacial score (nSPS) is 19.2. The number of carbonyl (C=O) groups is 2.